The fourth-order valence-electron chi connectivity index (χ4n) is 3.12. The summed E-state index contributed by atoms with van der Waals surface area (Å²) >= 11 is 1.60. The van der Waals surface area contributed by atoms with Crippen LogP contribution in [-0.2, 0) is 11.3 Å². The van der Waals surface area contributed by atoms with Gasteiger partial charge in [-0.2, -0.15) is 0 Å². The molecule has 1 N–H and O–H groups in total. The highest BCUT2D eigenvalue weighted by molar-refractivity contribution is 7.07. The van der Waals surface area contributed by atoms with Gasteiger partial charge >= 0.3 is 0 Å². The van der Waals surface area contributed by atoms with E-state index in [1.807, 2.05) is 28.6 Å². The SMILES string of the molecule is CCC(NCc1cscn1)c1ccccc1OCC(=O)N1CCCC1. The molecule has 0 aliphatic carbocycles. The average Bonchev–Trinajstić information content (AvgIpc) is 3.35. The summed E-state index contributed by atoms with van der Waals surface area (Å²) in [4.78, 5) is 18.4. The first-order valence-electron chi connectivity index (χ1n) is 8.88. The maximum absolute atomic E-state index is 12.2. The molecule has 1 aliphatic rings. The standard InChI is InChI=1S/C19H25N3O2S/c1-2-17(20-11-15-13-25-14-21-15)16-7-3-4-8-18(16)24-12-19(23)22-9-5-6-10-22/h3-4,7-8,13-14,17,20H,2,5-6,9-12H2,1H3. The number of ether oxygens (including phenoxy) is 1. The maximum Gasteiger partial charge on any atom is 0.260 e. The van der Waals surface area contributed by atoms with Crippen molar-refractivity contribution < 1.29 is 9.53 Å². The Kier molecular flexibility index (Phi) is 6.42. The second kappa shape index (κ2) is 8.97. The average molecular weight is 359 g/mol. The molecule has 1 aromatic heterocycles. The highest BCUT2D eigenvalue weighted by Gasteiger charge is 2.20. The Morgan fingerprint density at radius 2 is 2.16 bits per heavy atom. The first-order chi connectivity index (χ1) is 12.3. The molecular weight excluding hydrogens is 334 g/mol. The van der Waals surface area contributed by atoms with Gasteiger partial charge in [0, 0.05) is 36.6 Å². The second-order valence-electron chi connectivity index (χ2n) is 6.24. The molecule has 1 atom stereocenters. The molecule has 1 amide bonds. The van der Waals surface area contributed by atoms with E-state index in [4.69, 9.17) is 4.74 Å². The number of para-hydroxylation sites is 1. The quantitative estimate of drug-likeness (QED) is 0.785. The Morgan fingerprint density at radius 1 is 1.36 bits per heavy atom. The molecule has 5 nitrogen and oxygen atoms in total. The number of aromatic nitrogens is 1. The predicted octanol–water partition coefficient (Wildman–Crippen LogP) is 3.39. The van der Waals surface area contributed by atoms with E-state index in [-0.39, 0.29) is 18.6 Å². The van der Waals surface area contributed by atoms with E-state index in [9.17, 15) is 4.79 Å². The van der Waals surface area contributed by atoms with Crippen molar-refractivity contribution in [2.45, 2.75) is 38.8 Å². The van der Waals surface area contributed by atoms with Gasteiger partial charge in [0.1, 0.15) is 5.75 Å². The Hall–Kier alpha value is -1.92. The molecule has 1 unspecified atom stereocenters. The first-order valence-corrected chi connectivity index (χ1v) is 9.82. The van der Waals surface area contributed by atoms with Crippen LogP contribution in [-0.4, -0.2) is 35.5 Å². The highest BCUT2D eigenvalue weighted by Crippen LogP contribution is 2.27. The predicted molar refractivity (Wildman–Crippen MR) is 99.7 cm³/mol. The van der Waals surface area contributed by atoms with E-state index in [0.717, 1.165) is 55.9 Å². The summed E-state index contributed by atoms with van der Waals surface area (Å²) in [6.45, 7) is 4.70. The van der Waals surface area contributed by atoms with Crippen LogP contribution in [0.3, 0.4) is 0 Å². The summed E-state index contributed by atoms with van der Waals surface area (Å²) < 4.78 is 5.89. The van der Waals surface area contributed by atoms with E-state index in [0.29, 0.717) is 0 Å². The molecule has 2 heterocycles. The lowest BCUT2D eigenvalue weighted by Crippen LogP contribution is -2.32. The number of rotatable bonds is 8. The molecule has 0 saturated carbocycles. The highest BCUT2D eigenvalue weighted by atomic mass is 32.1. The Labute approximate surface area is 153 Å². The third-order valence-corrected chi connectivity index (χ3v) is 5.16. The van der Waals surface area contributed by atoms with Crippen LogP contribution in [0.2, 0.25) is 0 Å². The van der Waals surface area contributed by atoms with Crippen molar-refractivity contribution >= 4 is 17.2 Å². The molecule has 1 aliphatic heterocycles. The van der Waals surface area contributed by atoms with Gasteiger partial charge in [-0.25, -0.2) is 4.98 Å². The minimum Gasteiger partial charge on any atom is -0.483 e. The molecular formula is C19H25N3O2S. The van der Waals surface area contributed by atoms with Crippen molar-refractivity contribution in [2.75, 3.05) is 19.7 Å². The summed E-state index contributed by atoms with van der Waals surface area (Å²) in [5.74, 6) is 0.864. The fraction of sp³-hybridized carbons (Fsp3) is 0.474. The van der Waals surface area contributed by atoms with Crippen molar-refractivity contribution in [3.05, 3.63) is 46.4 Å². The number of thiazole rings is 1. The van der Waals surface area contributed by atoms with Crippen molar-refractivity contribution in [2.24, 2.45) is 0 Å². The number of carbonyl (C=O) groups is 1. The van der Waals surface area contributed by atoms with Gasteiger partial charge in [-0.3, -0.25) is 4.79 Å². The molecule has 0 radical (unpaired) electrons. The molecule has 134 valence electrons. The van der Waals surface area contributed by atoms with Gasteiger partial charge in [0.2, 0.25) is 0 Å². The van der Waals surface area contributed by atoms with Crippen LogP contribution >= 0.6 is 11.3 Å². The van der Waals surface area contributed by atoms with Crippen LogP contribution in [0.1, 0.15) is 43.5 Å². The van der Waals surface area contributed by atoms with Crippen LogP contribution in [0.5, 0.6) is 5.75 Å². The van der Waals surface area contributed by atoms with E-state index >= 15 is 0 Å². The Morgan fingerprint density at radius 3 is 2.88 bits per heavy atom. The maximum atomic E-state index is 12.2. The van der Waals surface area contributed by atoms with Crippen LogP contribution in [0.4, 0.5) is 0 Å². The minimum atomic E-state index is 0.0794. The molecule has 25 heavy (non-hydrogen) atoms. The summed E-state index contributed by atoms with van der Waals surface area (Å²) in [6, 6.07) is 8.14. The van der Waals surface area contributed by atoms with Crippen LogP contribution < -0.4 is 10.1 Å². The van der Waals surface area contributed by atoms with Crippen molar-refractivity contribution in [1.82, 2.24) is 15.2 Å². The molecule has 6 heteroatoms. The molecule has 2 aromatic rings. The zero-order valence-corrected chi connectivity index (χ0v) is 15.4. The third-order valence-electron chi connectivity index (χ3n) is 4.53. The van der Waals surface area contributed by atoms with Crippen molar-refractivity contribution in [3.63, 3.8) is 0 Å². The molecule has 0 bridgehead atoms. The topological polar surface area (TPSA) is 54.5 Å². The lowest BCUT2D eigenvalue weighted by molar-refractivity contribution is -0.132. The number of hydrogen-bond acceptors (Lipinski definition) is 5. The number of amides is 1. The fourth-order valence-corrected chi connectivity index (χ4v) is 3.68. The van der Waals surface area contributed by atoms with Crippen LogP contribution in [0, 0.1) is 0 Å². The number of nitrogens with zero attached hydrogens (tertiary/aromatic N) is 2. The van der Waals surface area contributed by atoms with Gasteiger partial charge in [0.05, 0.1) is 11.2 Å². The number of hydrogen-bond donors (Lipinski definition) is 1. The Balaban J connectivity index is 1.62. The zero-order valence-electron chi connectivity index (χ0n) is 14.6. The van der Waals surface area contributed by atoms with Gasteiger partial charge < -0.3 is 15.0 Å². The number of likely N-dealkylation sites (tertiary alicyclic amines) is 1. The van der Waals surface area contributed by atoms with Gasteiger partial charge in [-0.05, 0) is 25.3 Å². The monoisotopic (exact) mass is 359 g/mol. The number of nitrogens with one attached hydrogen (secondary N) is 1. The second-order valence-corrected chi connectivity index (χ2v) is 6.95. The van der Waals surface area contributed by atoms with E-state index in [1.54, 1.807) is 11.3 Å². The van der Waals surface area contributed by atoms with Gasteiger partial charge in [-0.1, -0.05) is 25.1 Å². The summed E-state index contributed by atoms with van der Waals surface area (Å²) in [5, 5.41) is 5.59. The summed E-state index contributed by atoms with van der Waals surface area (Å²) in [5.41, 5.74) is 3.99. The Bertz CT molecular complexity index is 669. The molecule has 1 fully saturated rings. The van der Waals surface area contributed by atoms with Gasteiger partial charge in [0.15, 0.2) is 6.61 Å². The van der Waals surface area contributed by atoms with Crippen molar-refractivity contribution in [3.8, 4) is 5.75 Å². The van der Waals surface area contributed by atoms with Crippen molar-refractivity contribution in [1.29, 1.82) is 0 Å². The minimum absolute atomic E-state index is 0.0794. The van der Waals surface area contributed by atoms with Gasteiger partial charge in [-0.15, -0.1) is 11.3 Å². The van der Waals surface area contributed by atoms with Crippen LogP contribution in [0.15, 0.2) is 35.2 Å². The number of benzene rings is 1. The zero-order chi connectivity index (χ0) is 17.5. The normalized spacial score (nSPS) is 15.3. The van der Waals surface area contributed by atoms with Crippen LogP contribution in [0.25, 0.3) is 0 Å². The lowest BCUT2D eigenvalue weighted by atomic mass is 10.0. The lowest BCUT2D eigenvalue weighted by Gasteiger charge is -2.21. The number of carbonyl (C=O) groups excluding carboxylic acids is 1. The third kappa shape index (κ3) is 4.80. The summed E-state index contributed by atoms with van der Waals surface area (Å²) in [7, 11) is 0. The smallest absolute Gasteiger partial charge is 0.260 e. The molecule has 0 spiro atoms. The van der Waals surface area contributed by atoms with E-state index < -0.39 is 0 Å². The molecule has 3 rings (SSSR count). The van der Waals surface area contributed by atoms with Gasteiger partial charge in [0.25, 0.3) is 5.91 Å². The van der Waals surface area contributed by atoms with E-state index in [1.165, 1.54) is 0 Å². The largest absolute Gasteiger partial charge is 0.483 e. The molecule has 1 saturated heterocycles. The van der Waals surface area contributed by atoms with E-state index in [2.05, 4.69) is 28.7 Å². The first kappa shape index (κ1) is 17.9. The summed E-state index contributed by atoms with van der Waals surface area (Å²) in [6.07, 6.45) is 3.13. The molecule has 1 aromatic carbocycles.